The molecule has 0 unspecified atom stereocenters. The molecule has 0 N–H and O–H groups in total. The van der Waals surface area contributed by atoms with Gasteiger partial charge in [0.05, 0.1) is 5.71 Å². The highest BCUT2D eigenvalue weighted by atomic mass is 16.6. The summed E-state index contributed by atoms with van der Waals surface area (Å²) in [6.07, 6.45) is 17.9. The van der Waals surface area contributed by atoms with Crippen LogP contribution in [0.3, 0.4) is 0 Å². The van der Waals surface area contributed by atoms with E-state index in [1.807, 2.05) is 18.2 Å². The summed E-state index contributed by atoms with van der Waals surface area (Å²) in [4.78, 5) is 4.96. The predicted molar refractivity (Wildman–Crippen MR) is 69.4 cm³/mol. The normalized spacial score (nSPS) is 14.4. The van der Waals surface area contributed by atoms with Crippen LogP contribution in [0.5, 0.6) is 0 Å². The lowest BCUT2D eigenvalue weighted by atomic mass is 10.1. The smallest absolute Gasteiger partial charge is 0.122 e. The molecule has 0 saturated heterocycles. The summed E-state index contributed by atoms with van der Waals surface area (Å²) in [5.41, 5.74) is 1.05. The molecule has 2 heteroatoms. The highest BCUT2D eigenvalue weighted by Gasteiger charge is 1.97. The molecule has 0 aromatic heterocycles. The van der Waals surface area contributed by atoms with Gasteiger partial charge in [-0.25, -0.2) is 0 Å². The highest BCUT2D eigenvalue weighted by molar-refractivity contribution is 5.94. The summed E-state index contributed by atoms with van der Waals surface area (Å²) in [5.74, 6) is 0. The third-order valence-corrected chi connectivity index (χ3v) is 2.75. The Morgan fingerprint density at radius 2 is 1.75 bits per heavy atom. The average Bonchev–Trinajstić information content (AvgIpc) is 2.56. The van der Waals surface area contributed by atoms with Crippen molar-refractivity contribution in [3.63, 3.8) is 0 Å². The summed E-state index contributed by atoms with van der Waals surface area (Å²) in [5, 5.41) is 4.01. The van der Waals surface area contributed by atoms with Crippen molar-refractivity contribution in [2.75, 3.05) is 0 Å². The van der Waals surface area contributed by atoms with E-state index in [0.717, 1.165) is 12.1 Å². The molecule has 1 heterocycles. The van der Waals surface area contributed by atoms with Gasteiger partial charge >= 0.3 is 0 Å². The molecule has 0 radical (unpaired) electrons. The lowest BCUT2D eigenvalue weighted by molar-refractivity contribution is 0.268. The molecule has 0 spiro atoms. The molecule has 90 valence electrons. The Morgan fingerprint density at radius 3 is 2.56 bits per heavy atom. The summed E-state index contributed by atoms with van der Waals surface area (Å²) in [6.45, 7) is 2.25. The van der Waals surface area contributed by atoms with Crippen LogP contribution in [0.2, 0.25) is 0 Å². The topological polar surface area (TPSA) is 21.6 Å². The first-order valence-electron chi connectivity index (χ1n) is 6.49. The van der Waals surface area contributed by atoms with Gasteiger partial charge in [-0.05, 0) is 25.0 Å². The first-order chi connectivity index (χ1) is 7.93. The minimum absolute atomic E-state index is 1.03. The quantitative estimate of drug-likeness (QED) is 0.550. The summed E-state index contributed by atoms with van der Waals surface area (Å²) in [6, 6.07) is 0. The Kier molecular flexibility index (Phi) is 7.48. The van der Waals surface area contributed by atoms with Gasteiger partial charge in [0.15, 0.2) is 0 Å². The zero-order valence-corrected chi connectivity index (χ0v) is 10.3. The largest absolute Gasteiger partial charge is 0.365 e. The van der Waals surface area contributed by atoms with Crippen molar-refractivity contribution in [2.45, 2.75) is 58.3 Å². The number of hydrogen-bond donors (Lipinski definition) is 0. The second-order valence-electron chi connectivity index (χ2n) is 4.25. The molecule has 0 fully saturated rings. The van der Waals surface area contributed by atoms with E-state index in [9.17, 15) is 0 Å². The Hall–Kier alpha value is -1.05. The fraction of sp³-hybridized carbons (Fsp3) is 0.643. The first-order valence-corrected chi connectivity index (χ1v) is 6.49. The number of allylic oxidation sites excluding steroid dienone is 3. The summed E-state index contributed by atoms with van der Waals surface area (Å²) < 4.78 is 0. The van der Waals surface area contributed by atoms with Crippen LogP contribution in [0.4, 0.5) is 0 Å². The van der Waals surface area contributed by atoms with E-state index >= 15 is 0 Å². The van der Waals surface area contributed by atoms with E-state index in [1.165, 1.54) is 44.9 Å². The molecule has 1 aliphatic rings. The number of oxime groups is 1. The SMILES string of the molecule is CCCCCCCCCC1=NOC=CC=C1. The van der Waals surface area contributed by atoms with E-state index < -0.39 is 0 Å². The Labute approximate surface area is 99.1 Å². The molecule has 1 aliphatic heterocycles. The van der Waals surface area contributed by atoms with Crippen LogP contribution in [-0.2, 0) is 4.84 Å². The van der Waals surface area contributed by atoms with Crippen molar-refractivity contribution < 1.29 is 4.84 Å². The van der Waals surface area contributed by atoms with Gasteiger partial charge in [0.1, 0.15) is 6.26 Å². The van der Waals surface area contributed by atoms with E-state index in [1.54, 1.807) is 6.26 Å². The fourth-order valence-corrected chi connectivity index (χ4v) is 1.77. The lowest BCUT2D eigenvalue weighted by Crippen LogP contribution is -1.93. The van der Waals surface area contributed by atoms with Gasteiger partial charge < -0.3 is 4.84 Å². The molecule has 0 atom stereocenters. The summed E-state index contributed by atoms with van der Waals surface area (Å²) >= 11 is 0. The molecule has 16 heavy (non-hydrogen) atoms. The van der Waals surface area contributed by atoms with Gasteiger partial charge in [0, 0.05) is 0 Å². The number of unbranched alkanes of at least 4 members (excludes halogenated alkanes) is 6. The average molecular weight is 221 g/mol. The van der Waals surface area contributed by atoms with Crippen molar-refractivity contribution in [3.8, 4) is 0 Å². The molecule has 0 aliphatic carbocycles. The molecular weight excluding hydrogens is 198 g/mol. The van der Waals surface area contributed by atoms with Gasteiger partial charge in [0.2, 0.25) is 0 Å². The third kappa shape index (κ3) is 6.44. The predicted octanol–water partition coefficient (Wildman–Crippen LogP) is 4.58. The zero-order valence-electron chi connectivity index (χ0n) is 10.3. The van der Waals surface area contributed by atoms with Crippen LogP contribution in [0.15, 0.2) is 29.6 Å². The van der Waals surface area contributed by atoms with Gasteiger partial charge in [-0.3, -0.25) is 0 Å². The maximum absolute atomic E-state index is 4.96. The second kappa shape index (κ2) is 9.20. The zero-order chi connectivity index (χ0) is 11.5. The Morgan fingerprint density at radius 1 is 1.00 bits per heavy atom. The summed E-state index contributed by atoms with van der Waals surface area (Å²) in [7, 11) is 0. The van der Waals surface area contributed by atoms with E-state index in [4.69, 9.17) is 4.84 Å². The molecule has 2 nitrogen and oxygen atoms in total. The Balaban J connectivity index is 1.96. The van der Waals surface area contributed by atoms with Gasteiger partial charge in [-0.15, -0.1) is 0 Å². The van der Waals surface area contributed by atoms with Gasteiger partial charge in [-0.1, -0.05) is 56.7 Å². The second-order valence-corrected chi connectivity index (χ2v) is 4.25. The van der Waals surface area contributed by atoms with Crippen molar-refractivity contribution in [3.05, 3.63) is 24.5 Å². The van der Waals surface area contributed by atoms with Crippen LogP contribution >= 0.6 is 0 Å². The van der Waals surface area contributed by atoms with Crippen molar-refractivity contribution in [2.24, 2.45) is 5.16 Å². The van der Waals surface area contributed by atoms with Crippen LogP contribution in [0.25, 0.3) is 0 Å². The fourth-order valence-electron chi connectivity index (χ4n) is 1.77. The molecule has 0 amide bonds. The van der Waals surface area contributed by atoms with E-state index in [2.05, 4.69) is 12.1 Å². The number of rotatable bonds is 8. The monoisotopic (exact) mass is 221 g/mol. The molecule has 0 aromatic rings. The molecular formula is C14H23NO. The third-order valence-electron chi connectivity index (χ3n) is 2.75. The molecule has 0 aromatic carbocycles. The van der Waals surface area contributed by atoms with Gasteiger partial charge in [-0.2, -0.15) is 0 Å². The van der Waals surface area contributed by atoms with Gasteiger partial charge in [0.25, 0.3) is 0 Å². The molecule has 0 bridgehead atoms. The maximum atomic E-state index is 4.96. The number of hydrogen-bond acceptors (Lipinski definition) is 2. The number of nitrogens with zero attached hydrogens (tertiary/aromatic N) is 1. The van der Waals surface area contributed by atoms with E-state index in [-0.39, 0.29) is 0 Å². The van der Waals surface area contributed by atoms with Crippen molar-refractivity contribution in [1.82, 2.24) is 0 Å². The molecule has 0 saturated carbocycles. The standard InChI is InChI=1S/C14H23NO/c1-2-3-4-5-6-7-8-11-14-12-9-10-13-16-15-14/h9-10,12-13H,2-8,11H2,1H3. The minimum atomic E-state index is 1.03. The first kappa shape index (κ1) is 13.0. The molecule has 1 rings (SSSR count). The van der Waals surface area contributed by atoms with Crippen LogP contribution in [0.1, 0.15) is 58.3 Å². The minimum Gasteiger partial charge on any atom is -0.365 e. The van der Waals surface area contributed by atoms with Crippen LogP contribution in [-0.4, -0.2) is 5.71 Å². The Bertz CT molecular complexity index is 253. The maximum Gasteiger partial charge on any atom is 0.122 e. The lowest BCUT2D eigenvalue weighted by Gasteiger charge is -2.01. The van der Waals surface area contributed by atoms with Crippen LogP contribution < -0.4 is 0 Å². The van der Waals surface area contributed by atoms with E-state index in [0.29, 0.717) is 0 Å². The van der Waals surface area contributed by atoms with Crippen molar-refractivity contribution in [1.29, 1.82) is 0 Å². The van der Waals surface area contributed by atoms with Crippen LogP contribution in [0, 0.1) is 0 Å². The highest BCUT2D eigenvalue weighted by Crippen LogP contribution is 2.10. The van der Waals surface area contributed by atoms with Crippen molar-refractivity contribution >= 4 is 5.71 Å².